The van der Waals surface area contributed by atoms with Gasteiger partial charge in [-0.25, -0.2) is 0 Å². The molecule has 17 heavy (non-hydrogen) atoms. The Morgan fingerprint density at radius 2 is 2.41 bits per heavy atom. The number of rotatable bonds is 4. The van der Waals surface area contributed by atoms with E-state index in [-0.39, 0.29) is 24.1 Å². The molecule has 6 nitrogen and oxygen atoms in total. The van der Waals surface area contributed by atoms with Crippen LogP contribution in [0.5, 0.6) is 5.75 Å². The first-order chi connectivity index (χ1) is 8.20. The summed E-state index contributed by atoms with van der Waals surface area (Å²) in [6.45, 7) is 1.39. The van der Waals surface area contributed by atoms with Crippen molar-refractivity contribution in [1.29, 1.82) is 0 Å². The standard InChI is InChI=1S/C11H14N2O4/c12-6-8-1-2-11(10(5-8)13(14)15)17-9-3-4-16-7-9/h1-2,5,9H,3-4,6-7,12H2. The highest BCUT2D eigenvalue weighted by Gasteiger charge is 2.22. The van der Waals surface area contributed by atoms with E-state index in [1.54, 1.807) is 12.1 Å². The highest BCUT2D eigenvalue weighted by Crippen LogP contribution is 2.29. The molecule has 2 rings (SSSR count). The minimum Gasteiger partial charge on any atom is -0.481 e. The molecular weight excluding hydrogens is 224 g/mol. The summed E-state index contributed by atoms with van der Waals surface area (Å²) >= 11 is 0. The van der Waals surface area contributed by atoms with Crippen molar-refractivity contribution in [2.75, 3.05) is 13.2 Å². The van der Waals surface area contributed by atoms with Crippen LogP contribution in [-0.4, -0.2) is 24.2 Å². The summed E-state index contributed by atoms with van der Waals surface area (Å²) in [5.41, 5.74) is 6.12. The molecule has 6 heteroatoms. The van der Waals surface area contributed by atoms with Crippen molar-refractivity contribution in [2.45, 2.75) is 19.1 Å². The number of hydrogen-bond donors (Lipinski definition) is 1. The highest BCUT2D eigenvalue weighted by atomic mass is 16.6. The summed E-state index contributed by atoms with van der Waals surface area (Å²) in [7, 11) is 0. The topological polar surface area (TPSA) is 87.6 Å². The van der Waals surface area contributed by atoms with Gasteiger partial charge in [-0.05, 0) is 11.6 Å². The largest absolute Gasteiger partial charge is 0.481 e. The van der Waals surface area contributed by atoms with E-state index >= 15 is 0 Å². The molecule has 0 aromatic heterocycles. The second kappa shape index (κ2) is 5.11. The van der Waals surface area contributed by atoms with Gasteiger partial charge >= 0.3 is 5.69 Å². The van der Waals surface area contributed by atoms with Gasteiger partial charge in [-0.2, -0.15) is 0 Å². The second-order valence-electron chi connectivity index (χ2n) is 3.87. The Labute approximate surface area is 98.5 Å². The number of nitrogens with zero attached hydrogens (tertiary/aromatic N) is 1. The fourth-order valence-electron chi connectivity index (χ4n) is 1.72. The van der Waals surface area contributed by atoms with Crippen LogP contribution in [0.2, 0.25) is 0 Å². The number of nitro benzene ring substituents is 1. The number of nitrogens with two attached hydrogens (primary N) is 1. The lowest BCUT2D eigenvalue weighted by Crippen LogP contribution is -2.16. The molecule has 1 aliphatic rings. The van der Waals surface area contributed by atoms with Gasteiger partial charge in [0.05, 0.1) is 18.1 Å². The molecule has 0 saturated carbocycles. The molecule has 1 aromatic rings. The Kier molecular flexibility index (Phi) is 3.55. The molecule has 0 aliphatic carbocycles. The van der Waals surface area contributed by atoms with Crippen LogP contribution in [0.15, 0.2) is 18.2 Å². The SMILES string of the molecule is NCc1ccc(OC2CCOC2)c([N+](=O)[O-])c1. The molecule has 1 heterocycles. The van der Waals surface area contributed by atoms with Crippen molar-refractivity contribution in [3.8, 4) is 5.75 Å². The van der Waals surface area contributed by atoms with Crippen LogP contribution in [0.1, 0.15) is 12.0 Å². The molecular formula is C11H14N2O4. The average molecular weight is 238 g/mol. The van der Waals surface area contributed by atoms with Crippen molar-refractivity contribution in [1.82, 2.24) is 0 Å². The van der Waals surface area contributed by atoms with E-state index in [0.717, 1.165) is 6.42 Å². The van der Waals surface area contributed by atoms with E-state index in [9.17, 15) is 10.1 Å². The summed E-state index contributed by atoms with van der Waals surface area (Å²) in [4.78, 5) is 10.5. The lowest BCUT2D eigenvalue weighted by Gasteiger charge is -2.12. The van der Waals surface area contributed by atoms with Crippen LogP contribution in [0.3, 0.4) is 0 Å². The number of ether oxygens (including phenoxy) is 2. The van der Waals surface area contributed by atoms with Gasteiger partial charge in [0.15, 0.2) is 5.75 Å². The van der Waals surface area contributed by atoms with Gasteiger partial charge in [-0.15, -0.1) is 0 Å². The maximum Gasteiger partial charge on any atom is 0.311 e. The van der Waals surface area contributed by atoms with Gasteiger partial charge in [0.1, 0.15) is 6.10 Å². The zero-order valence-corrected chi connectivity index (χ0v) is 9.30. The first-order valence-corrected chi connectivity index (χ1v) is 5.42. The molecule has 1 fully saturated rings. The van der Waals surface area contributed by atoms with Gasteiger partial charge in [-0.1, -0.05) is 6.07 Å². The zero-order chi connectivity index (χ0) is 12.3. The first kappa shape index (κ1) is 11.8. The molecule has 0 bridgehead atoms. The number of benzene rings is 1. The van der Waals surface area contributed by atoms with E-state index in [4.69, 9.17) is 15.2 Å². The number of hydrogen-bond acceptors (Lipinski definition) is 5. The minimum atomic E-state index is -0.454. The van der Waals surface area contributed by atoms with Gasteiger partial charge in [0, 0.05) is 19.0 Å². The minimum absolute atomic E-state index is 0.0418. The van der Waals surface area contributed by atoms with Gasteiger partial charge in [0.2, 0.25) is 0 Å². The Bertz CT molecular complexity index is 416. The molecule has 0 amide bonds. The van der Waals surface area contributed by atoms with Crippen LogP contribution in [0.4, 0.5) is 5.69 Å². The van der Waals surface area contributed by atoms with Crippen molar-refractivity contribution >= 4 is 5.69 Å². The summed E-state index contributed by atoms with van der Waals surface area (Å²) in [5.74, 6) is 0.280. The number of nitro groups is 1. The van der Waals surface area contributed by atoms with E-state index in [0.29, 0.717) is 18.8 Å². The van der Waals surface area contributed by atoms with Gasteiger partial charge < -0.3 is 15.2 Å². The molecule has 0 radical (unpaired) electrons. The molecule has 1 atom stereocenters. The fourth-order valence-corrected chi connectivity index (χ4v) is 1.72. The van der Waals surface area contributed by atoms with Gasteiger partial charge in [-0.3, -0.25) is 10.1 Å². The van der Waals surface area contributed by atoms with E-state index < -0.39 is 4.92 Å². The molecule has 1 aliphatic heterocycles. The zero-order valence-electron chi connectivity index (χ0n) is 9.30. The maximum atomic E-state index is 10.9. The molecule has 92 valence electrons. The summed E-state index contributed by atoms with van der Waals surface area (Å²) in [6, 6.07) is 4.78. The van der Waals surface area contributed by atoms with Crippen LogP contribution in [-0.2, 0) is 11.3 Å². The van der Waals surface area contributed by atoms with E-state index in [1.807, 2.05) is 0 Å². The first-order valence-electron chi connectivity index (χ1n) is 5.42. The lowest BCUT2D eigenvalue weighted by atomic mass is 10.2. The third kappa shape index (κ3) is 2.72. The Morgan fingerprint density at radius 3 is 3.00 bits per heavy atom. The molecule has 0 spiro atoms. The predicted molar refractivity (Wildman–Crippen MR) is 60.8 cm³/mol. The van der Waals surface area contributed by atoms with Crippen molar-refractivity contribution in [3.05, 3.63) is 33.9 Å². The quantitative estimate of drug-likeness (QED) is 0.629. The van der Waals surface area contributed by atoms with Crippen molar-refractivity contribution in [2.24, 2.45) is 5.73 Å². The molecule has 1 aromatic carbocycles. The maximum absolute atomic E-state index is 10.9. The van der Waals surface area contributed by atoms with Crippen LogP contribution < -0.4 is 10.5 Å². The predicted octanol–water partition coefficient (Wildman–Crippen LogP) is 1.22. The van der Waals surface area contributed by atoms with Crippen LogP contribution in [0, 0.1) is 10.1 Å². The Balaban J connectivity index is 2.22. The lowest BCUT2D eigenvalue weighted by molar-refractivity contribution is -0.386. The summed E-state index contributed by atoms with van der Waals surface area (Å²) in [6.07, 6.45) is 0.660. The third-order valence-corrected chi connectivity index (χ3v) is 2.64. The van der Waals surface area contributed by atoms with Crippen LogP contribution >= 0.6 is 0 Å². The highest BCUT2D eigenvalue weighted by molar-refractivity contribution is 5.48. The van der Waals surface area contributed by atoms with E-state index in [2.05, 4.69) is 0 Å². The third-order valence-electron chi connectivity index (χ3n) is 2.64. The monoisotopic (exact) mass is 238 g/mol. The molecule has 1 saturated heterocycles. The molecule has 2 N–H and O–H groups in total. The van der Waals surface area contributed by atoms with Gasteiger partial charge in [0.25, 0.3) is 0 Å². The normalized spacial score (nSPS) is 19.2. The van der Waals surface area contributed by atoms with Crippen molar-refractivity contribution in [3.63, 3.8) is 0 Å². The fraction of sp³-hybridized carbons (Fsp3) is 0.455. The Hall–Kier alpha value is -1.66. The average Bonchev–Trinajstić information content (AvgIpc) is 2.82. The molecule has 1 unspecified atom stereocenters. The van der Waals surface area contributed by atoms with E-state index in [1.165, 1.54) is 6.07 Å². The summed E-state index contributed by atoms with van der Waals surface area (Å²) in [5, 5.41) is 10.9. The summed E-state index contributed by atoms with van der Waals surface area (Å²) < 4.78 is 10.7. The smallest absolute Gasteiger partial charge is 0.311 e. The van der Waals surface area contributed by atoms with Crippen molar-refractivity contribution < 1.29 is 14.4 Å². The van der Waals surface area contributed by atoms with Crippen LogP contribution in [0.25, 0.3) is 0 Å². The Morgan fingerprint density at radius 1 is 1.59 bits per heavy atom. The second-order valence-corrected chi connectivity index (χ2v) is 3.87.